The molecule has 2 atom stereocenters. The first kappa shape index (κ1) is 14.1. The fourth-order valence-electron chi connectivity index (χ4n) is 1.59. The van der Waals surface area contributed by atoms with Gasteiger partial charge in [0.1, 0.15) is 0 Å². The third-order valence-electron chi connectivity index (χ3n) is 2.70. The van der Waals surface area contributed by atoms with Crippen LogP contribution in [0.2, 0.25) is 0 Å². The number of carboxylic acids is 1. The lowest BCUT2D eigenvalue weighted by atomic mass is 10.2. The van der Waals surface area contributed by atoms with E-state index in [9.17, 15) is 9.59 Å². The van der Waals surface area contributed by atoms with Crippen molar-refractivity contribution in [1.82, 2.24) is 10.2 Å². The number of carbonyl (C=O) groups is 2. The zero-order valence-corrected chi connectivity index (χ0v) is 10.8. The maximum absolute atomic E-state index is 11.8. The Morgan fingerprint density at radius 1 is 1.65 bits per heavy atom. The second kappa shape index (κ2) is 6.70. The van der Waals surface area contributed by atoms with Crippen LogP contribution in [-0.4, -0.2) is 66.4 Å². The summed E-state index contributed by atoms with van der Waals surface area (Å²) >= 11 is 1.80. The molecular formula is C10H18N2O4S. The fourth-order valence-corrected chi connectivity index (χ4v) is 2.85. The lowest BCUT2D eigenvalue weighted by molar-refractivity contribution is -0.140. The maximum Gasteiger partial charge on any atom is 0.328 e. The molecule has 0 aliphatic carbocycles. The van der Waals surface area contributed by atoms with Crippen LogP contribution in [0.5, 0.6) is 0 Å². The minimum atomic E-state index is -1.09. The molecule has 0 bridgehead atoms. The molecule has 1 rings (SSSR count). The summed E-state index contributed by atoms with van der Waals surface area (Å²) in [7, 11) is 3.09. The summed E-state index contributed by atoms with van der Waals surface area (Å²) in [5, 5.41) is 11.3. The molecule has 2 unspecified atom stereocenters. The van der Waals surface area contributed by atoms with Crippen LogP contribution in [0, 0.1) is 0 Å². The summed E-state index contributed by atoms with van der Waals surface area (Å²) in [6.45, 7) is -0.0334. The minimum Gasteiger partial charge on any atom is -0.480 e. The van der Waals surface area contributed by atoms with Gasteiger partial charge in [-0.2, -0.15) is 11.8 Å². The van der Waals surface area contributed by atoms with Crippen molar-refractivity contribution in [3.05, 3.63) is 0 Å². The van der Waals surface area contributed by atoms with Crippen LogP contribution in [0.25, 0.3) is 0 Å². The van der Waals surface area contributed by atoms with Crippen LogP contribution in [0.3, 0.4) is 0 Å². The van der Waals surface area contributed by atoms with Crippen molar-refractivity contribution in [2.75, 3.05) is 32.3 Å². The van der Waals surface area contributed by atoms with E-state index in [0.717, 1.165) is 17.9 Å². The van der Waals surface area contributed by atoms with Gasteiger partial charge in [0.25, 0.3) is 0 Å². The van der Waals surface area contributed by atoms with E-state index in [4.69, 9.17) is 9.84 Å². The topological polar surface area (TPSA) is 78.9 Å². The van der Waals surface area contributed by atoms with Crippen molar-refractivity contribution in [2.24, 2.45) is 0 Å². The average Bonchev–Trinajstić information content (AvgIpc) is 2.80. The van der Waals surface area contributed by atoms with E-state index in [1.165, 1.54) is 7.11 Å². The molecule has 2 N–H and O–H groups in total. The van der Waals surface area contributed by atoms with Crippen molar-refractivity contribution in [3.8, 4) is 0 Å². The van der Waals surface area contributed by atoms with Crippen LogP contribution in [0.1, 0.15) is 6.42 Å². The number of thioether (sulfide) groups is 1. The minimum absolute atomic E-state index is 0.0334. The highest BCUT2D eigenvalue weighted by atomic mass is 32.2. The van der Waals surface area contributed by atoms with Crippen molar-refractivity contribution in [1.29, 1.82) is 0 Å². The predicted molar refractivity (Wildman–Crippen MR) is 65.3 cm³/mol. The molecule has 1 heterocycles. The van der Waals surface area contributed by atoms with Crippen molar-refractivity contribution in [2.45, 2.75) is 18.5 Å². The van der Waals surface area contributed by atoms with Crippen molar-refractivity contribution >= 4 is 23.8 Å². The number of urea groups is 1. The molecule has 2 amide bonds. The predicted octanol–water partition coefficient (Wildman–Crippen LogP) is 0.233. The largest absolute Gasteiger partial charge is 0.480 e. The number of amides is 2. The van der Waals surface area contributed by atoms with E-state index < -0.39 is 12.0 Å². The van der Waals surface area contributed by atoms with Crippen LogP contribution in [0.15, 0.2) is 0 Å². The number of nitrogens with one attached hydrogen (secondary N) is 1. The molecular weight excluding hydrogens is 244 g/mol. The highest BCUT2D eigenvalue weighted by Gasteiger charge is 2.27. The van der Waals surface area contributed by atoms with Gasteiger partial charge in [-0.15, -0.1) is 0 Å². The monoisotopic (exact) mass is 262 g/mol. The van der Waals surface area contributed by atoms with Gasteiger partial charge < -0.3 is 20.1 Å². The molecule has 6 nitrogen and oxygen atoms in total. The number of ether oxygens (including phenoxy) is 1. The second-order valence-corrected chi connectivity index (χ2v) is 5.07. The number of rotatable bonds is 5. The number of hydrogen-bond acceptors (Lipinski definition) is 4. The summed E-state index contributed by atoms with van der Waals surface area (Å²) in [6, 6.07) is -1.16. The van der Waals surface area contributed by atoms with E-state index in [2.05, 4.69) is 5.32 Å². The molecule has 1 aliphatic rings. The Labute approximate surface area is 105 Å². The van der Waals surface area contributed by atoms with E-state index >= 15 is 0 Å². The Kier molecular flexibility index (Phi) is 5.57. The number of methoxy groups -OCH3 is 1. The molecule has 0 saturated carbocycles. The average molecular weight is 262 g/mol. The lowest BCUT2D eigenvalue weighted by Gasteiger charge is -2.25. The van der Waals surface area contributed by atoms with E-state index in [0.29, 0.717) is 0 Å². The first-order valence-corrected chi connectivity index (χ1v) is 6.54. The van der Waals surface area contributed by atoms with Gasteiger partial charge in [-0.25, -0.2) is 9.59 Å². The van der Waals surface area contributed by atoms with E-state index in [1.807, 2.05) is 0 Å². The summed E-state index contributed by atoms with van der Waals surface area (Å²) < 4.78 is 4.75. The number of carboxylic acid groups (broad SMARTS) is 1. The number of hydrogen-bond donors (Lipinski definition) is 2. The summed E-state index contributed by atoms with van der Waals surface area (Å²) in [4.78, 5) is 24.2. The maximum atomic E-state index is 11.8. The molecule has 1 saturated heterocycles. The normalized spacial score (nSPS) is 20.9. The smallest absolute Gasteiger partial charge is 0.328 e. The quantitative estimate of drug-likeness (QED) is 0.741. The van der Waals surface area contributed by atoms with Gasteiger partial charge in [0.2, 0.25) is 0 Å². The Morgan fingerprint density at radius 2 is 2.35 bits per heavy atom. The first-order valence-electron chi connectivity index (χ1n) is 5.39. The van der Waals surface area contributed by atoms with Crippen LogP contribution in [-0.2, 0) is 9.53 Å². The molecule has 17 heavy (non-hydrogen) atoms. The van der Waals surface area contributed by atoms with Crippen molar-refractivity contribution < 1.29 is 19.4 Å². The second-order valence-electron chi connectivity index (χ2n) is 3.92. The van der Waals surface area contributed by atoms with E-state index in [1.54, 1.807) is 23.7 Å². The van der Waals surface area contributed by atoms with E-state index in [-0.39, 0.29) is 18.7 Å². The molecule has 98 valence electrons. The molecule has 0 aromatic rings. The first-order chi connectivity index (χ1) is 8.06. The Bertz CT molecular complexity index is 281. The van der Waals surface area contributed by atoms with Gasteiger partial charge in [-0.1, -0.05) is 0 Å². The third kappa shape index (κ3) is 4.08. The van der Waals surface area contributed by atoms with Gasteiger partial charge in [0.05, 0.1) is 6.61 Å². The van der Waals surface area contributed by atoms with Crippen LogP contribution >= 0.6 is 11.8 Å². The molecule has 7 heteroatoms. The lowest BCUT2D eigenvalue weighted by Crippen LogP contribution is -2.51. The molecule has 1 aliphatic heterocycles. The highest BCUT2D eigenvalue weighted by molar-refractivity contribution is 7.99. The van der Waals surface area contributed by atoms with Gasteiger partial charge >= 0.3 is 12.0 Å². The van der Waals surface area contributed by atoms with Crippen LogP contribution in [0.4, 0.5) is 4.79 Å². The Hall–Kier alpha value is -0.950. The SMILES string of the molecule is COCC(NC(=O)N(C)C1CCSC1)C(=O)O. The number of aliphatic carboxylic acids is 1. The van der Waals surface area contributed by atoms with Gasteiger partial charge in [-0.05, 0) is 12.2 Å². The summed E-state index contributed by atoms with van der Waals surface area (Å²) in [5.41, 5.74) is 0. The van der Waals surface area contributed by atoms with Gasteiger partial charge in [-0.3, -0.25) is 0 Å². The molecule has 0 spiro atoms. The van der Waals surface area contributed by atoms with Crippen LogP contribution < -0.4 is 5.32 Å². The zero-order chi connectivity index (χ0) is 12.8. The summed E-state index contributed by atoms with van der Waals surface area (Å²) in [6.07, 6.45) is 0.955. The van der Waals surface area contributed by atoms with Gasteiger partial charge in [0.15, 0.2) is 6.04 Å². The molecule has 0 aromatic heterocycles. The number of carbonyl (C=O) groups excluding carboxylic acids is 1. The fraction of sp³-hybridized carbons (Fsp3) is 0.800. The highest BCUT2D eigenvalue weighted by Crippen LogP contribution is 2.21. The summed E-state index contributed by atoms with van der Waals surface area (Å²) in [5.74, 6) is 0.865. The third-order valence-corrected chi connectivity index (χ3v) is 3.85. The molecule has 0 radical (unpaired) electrons. The zero-order valence-electron chi connectivity index (χ0n) is 10.0. The molecule has 0 aromatic carbocycles. The Morgan fingerprint density at radius 3 is 2.82 bits per heavy atom. The Balaban J connectivity index is 2.47. The van der Waals surface area contributed by atoms with Gasteiger partial charge in [0, 0.05) is 26.0 Å². The van der Waals surface area contributed by atoms with Crippen molar-refractivity contribution in [3.63, 3.8) is 0 Å². The standard InChI is InChI=1S/C10H18N2O4S/c1-12(7-3-4-17-6-7)10(15)11-8(5-16-2)9(13)14/h7-8H,3-6H2,1-2H3,(H,11,15)(H,13,14). The molecule has 1 fully saturated rings. The number of nitrogens with zero attached hydrogens (tertiary/aromatic N) is 1.